The van der Waals surface area contributed by atoms with Crippen molar-refractivity contribution in [3.05, 3.63) is 206 Å². The molecule has 8 aromatic carbocycles. The quantitative estimate of drug-likeness (QED) is 0.162. The average molecular weight is 771 g/mol. The smallest absolute Gasteiger partial charge is 0.164 e. The molecule has 0 aliphatic heterocycles. The third-order valence-electron chi connectivity index (χ3n) is 11.0. The molecule has 276 valence electrons. The lowest BCUT2D eigenvalue weighted by Gasteiger charge is -2.11. The highest BCUT2D eigenvalue weighted by atomic mass is 32.1. The molecule has 0 radical (unpaired) electrons. The summed E-state index contributed by atoms with van der Waals surface area (Å²) in [7, 11) is 0. The van der Waals surface area contributed by atoms with Gasteiger partial charge >= 0.3 is 0 Å². The fourth-order valence-electron chi connectivity index (χ4n) is 7.91. The second kappa shape index (κ2) is 14.7. The Bertz CT molecular complexity index is 3270. The third kappa shape index (κ3) is 6.54. The van der Waals surface area contributed by atoms with E-state index in [1.807, 2.05) is 47.7 Å². The molecule has 0 aliphatic carbocycles. The number of rotatable bonds is 7. The molecule has 0 saturated heterocycles. The number of thiophene rings is 1. The molecule has 0 spiro atoms. The van der Waals surface area contributed by atoms with Crippen LogP contribution in [0.4, 0.5) is 0 Å². The summed E-state index contributed by atoms with van der Waals surface area (Å²) in [6.07, 6.45) is 0. The van der Waals surface area contributed by atoms with Crippen LogP contribution in [0.2, 0.25) is 0 Å². The highest BCUT2D eigenvalue weighted by molar-refractivity contribution is 7.26. The molecule has 5 heteroatoms. The van der Waals surface area contributed by atoms with Crippen LogP contribution in [-0.2, 0) is 0 Å². The molecule has 0 saturated carbocycles. The Hall–Kier alpha value is -7.60. The maximum Gasteiger partial charge on any atom is 0.164 e. The van der Waals surface area contributed by atoms with Crippen molar-refractivity contribution in [3.8, 4) is 78.8 Å². The lowest BCUT2D eigenvalue weighted by atomic mass is 9.97. The van der Waals surface area contributed by atoms with Gasteiger partial charge in [-0.05, 0) is 45.5 Å². The lowest BCUT2D eigenvalue weighted by Crippen LogP contribution is -2.00. The predicted octanol–water partition coefficient (Wildman–Crippen LogP) is 14.5. The zero-order valence-electron chi connectivity index (χ0n) is 31.8. The summed E-state index contributed by atoms with van der Waals surface area (Å²) in [5, 5.41) is 3.67. The average Bonchev–Trinajstić information content (AvgIpc) is 3.72. The minimum Gasteiger partial charge on any atom is -0.247 e. The van der Waals surface area contributed by atoms with Gasteiger partial charge in [-0.15, -0.1) is 11.3 Å². The van der Waals surface area contributed by atoms with Crippen molar-refractivity contribution in [2.75, 3.05) is 0 Å². The van der Waals surface area contributed by atoms with Gasteiger partial charge in [0, 0.05) is 47.8 Å². The second-order valence-electron chi connectivity index (χ2n) is 14.6. The molecule has 3 heterocycles. The Balaban J connectivity index is 0.907. The molecule has 0 unspecified atom stereocenters. The minimum atomic E-state index is 0.635. The number of benzene rings is 8. The maximum atomic E-state index is 5.33. The SMILES string of the molecule is c1ccc(-c2ccc(-c3nc(-c4ccccc4)nc(-c4ccc(-c5ccc(-c6ccc7c(c6)nc(-c6ccccc6)c6c8ccccc8sc76)cc5)cc4)n3)cc2)cc1. The summed E-state index contributed by atoms with van der Waals surface area (Å²) in [4.78, 5) is 20.2. The Kier molecular flexibility index (Phi) is 8.64. The summed E-state index contributed by atoms with van der Waals surface area (Å²) in [6.45, 7) is 0. The van der Waals surface area contributed by atoms with E-state index in [1.165, 1.54) is 31.1 Å². The number of hydrogen-bond acceptors (Lipinski definition) is 5. The number of pyridine rings is 1. The highest BCUT2D eigenvalue weighted by Gasteiger charge is 2.17. The van der Waals surface area contributed by atoms with Crippen LogP contribution in [0, 0.1) is 0 Å². The normalized spacial score (nSPS) is 11.4. The first-order chi connectivity index (χ1) is 29.2. The van der Waals surface area contributed by atoms with Crippen LogP contribution in [0.3, 0.4) is 0 Å². The van der Waals surface area contributed by atoms with Gasteiger partial charge in [0.15, 0.2) is 17.5 Å². The van der Waals surface area contributed by atoms with E-state index in [-0.39, 0.29) is 0 Å². The number of aromatic nitrogens is 4. The van der Waals surface area contributed by atoms with Gasteiger partial charge in [-0.1, -0.05) is 194 Å². The van der Waals surface area contributed by atoms with E-state index in [1.54, 1.807) is 0 Å². The fraction of sp³-hybridized carbons (Fsp3) is 0. The Labute approximate surface area is 345 Å². The molecule has 0 aliphatic rings. The number of hydrogen-bond donors (Lipinski definition) is 0. The molecule has 3 aromatic heterocycles. The van der Waals surface area contributed by atoms with Crippen molar-refractivity contribution in [1.82, 2.24) is 19.9 Å². The fourth-order valence-corrected chi connectivity index (χ4v) is 9.14. The molecule has 0 atom stereocenters. The standard InChI is InChI=1S/C54H34N4S/c1-4-12-35(13-5-1)36-24-28-42(29-25-36)53-56-52(41-16-8-3-9-17-41)57-54(58-53)43-30-26-38(27-31-43)37-20-22-39(23-21-37)44-32-33-45-47(34-44)55-50(40-14-6-2-7-15-40)49-46-18-10-11-19-48(46)59-51(45)49/h1-34H. The van der Waals surface area contributed by atoms with E-state index < -0.39 is 0 Å². The lowest BCUT2D eigenvalue weighted by molar-refractivity contribution is 1.07. The molecule has 0 fully saturated rings. The van der Waals surface area contributed by atoms with E-state index >= 15 is 0 Å². The van der Waals surface area contributed by atoms with Crippen molar-refractivity contribution in [2.24, 2.45) is 0 Å². The summed E-state index contributed by atoms with van der Waals surface area (Å²) in [6, 6.07) is 72.1. The molecule has 4 nitrogen and oxygen atoms in total. The molecule has 0 bridgehead atoms. The van der Waals surface area contributed by atoms with Crippen molar-refractivity contribution in [1.29, 1.82) is 0 Å². The Morgan fingerprint density at radius 3 is 1.22 bits per heavy atom. The predicted molar refractivity (Wildman–Crippen MR) is 246 cm³/mol. The Morgan fingerprint density at radius 2 is 0.678 bits per heavy atom. The molecular weight excluding hydrogens is 737 g/mol. The number of nitrogens with zero attached hydrogens (tertiary/aromatic N) is 4. The van der Waals surface area contributed by atoms with E-state index in [2.05, 4.69) is 170 Å². The maximum absolute atomic E-state index is 5.33. The first-order valence-corrected chi connectivity index (χ1v) is 20.5. The second-order valence-corrected chi connectivity index (χ2v) is 15.7. The van der Waals surface area contributed by atoms with E-state index in [0.29, 0.717) is 17.5 Å². The minimum absolute atomic E-state index is 0.635. The van der Waals surface area contributed by atoms with Gasteiger partial charge in [0.2, 0.25) is 0 Å². The monoisotopic (exact) mass is 770 g/mol. The van der Waals surface area contributed by atoms with Gasteiger partial charge in [0.25, 0.3) is 0 Å². The van der Waals surface area contributed by atoms with Gasteiger partial charge in [0.1, 0.15) is 0 Å². The van der Waals surface area contributed by atoms with Crippen LogP contribution in [-0.4, -0.2) is 19.9 Å². The van der Waals surface area contributed by atoms with E-state index in [4.69, 9.17) is 19.9 Å². The zero-order chi connectivity index (χ0) is 39.1. The summed E-state index contributed by atoms with van der Waals surface area (Å²) >= 11 is 1.85. The first-order valence-electron chi connectivity index (χ1n) is 19.7. The van der Waals surface area contributed by atoms with Gasteiger partial charge in [-0.25, -0.2) is 19.9 Å². The molecule has 0 N–H and O–H groups in total. The molecule has 59 heavy (non-hydrogen) atoms. The third-order valence-corrected chi connectivity index (χ3v) is 12.2. The van der Waals surface area contributed by atoms with Crippen molar-refractivity contribution in [3.63, 3.8) is 0 Å². The van der Waals surface area contributed by atoms with Crippen molar-refractivity contribution < 1.29 is 0 Å². The van der Waals surface area contributed by atoms with Crippen LogP contribution in [0.5, 0.6) is 0 Å². The van der Waals surface area contributed by atoms with Crippen LogP contribution in [0.15, 0.2) is 206 Å². The highest BCUT2D eigenvalue weighted by Crippen LogP contribution is 2.43. The van der Waals surface area contributed by atoms with Gasteiger partial charge in [0.05, 0.1) is 11.2 Å². The van der Waals surface area contributed by atoms with Crippen LogP contribution in [0.1, 0.15) is 0 Å². The summed E-state index contributed by atoms with van der Waals surface area (Å²) in [5.41, 5.74) is 12.8. The van der Waals surface area contributed by atoms with Gasteiger partial charge in [-0.3, -0.25) is 0 Å². The summed E-state index contributed by atoms with van der Waals surface area (Å²) in [5.74, 6) is 1.92. The molecule has 0 amide bonds. The van der Waals surface area contributed by atoms with Crippen molar-refractivity contribution >= 4 is 42.4 Å². The summed E-state index contributed by atoms with van der Waals surface area (Å²) < 4.78 is 2.56. The van der Waals surface area contributed by atoms with E-state index in [0.717, 1.165) is 61.3 Å². The Morgan fingerprint density at radius 1 is 0.288 bits per heavy atom. The van der Waals surface area contributed by atoms with Crippen LogP contribution < -0.4 is 0 Å². The molecular formula is C54H34N4S. The van der Waals surface area contributed by atoms with Crippen LogP contribution in [0.25, 0.3) is 110 Å². The first kappa shape index (κ1) is 34.6. The van der Waals surface area contributed by atoms with Gasteiger partial charge in [-0.2, -0.15) is 0 Å². The largest absolute Gasteiger partial charge is 0.247 e. The van der Waals surface area contributed by atoms with Crippen LogP contribution >= 0.6 is 11.3 Å². The topological polar surface area (TPSA) is 51.6 Å². The molecule has 11 aromatic rings. The molecule has 11 rings (SSSR count). The van der Waals surface area contributed by atoms with E-state index in [9.17, 15) is 0 Å². The zero-order valence-corrected chi connectivity index (χ0v) is 32.6. The van der Waals surface area contributed by atoms with Crippen molar-refractivity contribution in [2.45, 2.75) is 0 Å². The number of fused-ring (bicyclic) bond motifs is 5. The van der Waals surface area contributed by atoms with Gasteiger partial charge < -0.3 is 0 Å².